The topological polar surface area (TPSA) is 152 Å². The third kappa shape index (κ3) is 7.50. The third-order valence-corrected chi connectivity index (χ3v) is 5.45. The van der Waals surface area contributed by atoms with E-state index in [0.717, 1.165) is 0 Å². The van der Waals surface area contributed by atoms with E-state index in [9.17, 15) is 26.4 Å². The van der Waals surface area contributed by atoms with E-state index in [4.69, 9.17) is 9.11 Å². The molecule has 9 nitrogen and oxygen atoms in total. The van der Waals surface area contributed by atoms with Gasteiger partial charge in [0.05, 0.1) is 23.3 Å². The molecule has 0 radical (unpaired) electrons. The highest BCUT2D eigenvalue weighted by Gasteiger charge is 2.29. The molecule has 21 heavy (non-hydrogen) atoms. The molecule has 2 N–H and O–H groups in total. The van der Waals surface area contributed by atoms with E-state index in [1.54, 1.807) is 0 Å². The van der Waals surface area contributed by atoms with Crippen molar-refractivity contribution in [2.45, 2.75) is 50.0 Å². The van der Waals surface area contributed by atoms with Crippen molar-refractivity contribution in [3.63, 3.8) is 0 Å². The van der Waals surface area contributed by atoms with Crippen molar-refractivity contribution in [1.82, 2.24) is 0 Å². The van der Waals surface area contributed by atoms with Gasteiger partial charge in [0, 0.05) is 0 Å². The van der Waals surface area contributed by atoms with Crippen molar-refractivity contribution in [2.24, 2.45) is 0 Å². The second-order valence-corrected chi connectivity index (χ2v) is 7.74. The minimum absolute atomic E-state index is 0.0648. The number of hydrogen-bond acceptors (Lipinski definition) is 7. The number of esters is 2. The molecule has 0 bridgehead atoms. The van der Waals surface area contributed by atoms with Crippen molar-refractivity contribution >= 4 is 32.2 Å². The fourth-order valence-electron chi connectivity index (χ4n) is 1.50. The standard InChI is InChI=1S/C10H18O9S2/c1-3-7(20(13,14)15)5-9(11)19-10(12)6-8(4-2)21(16,17)18/h7-8H,3-6H2,1-2H3,(H,13,14,15)(H,16,17,18). The maximum atomic E-state index is 11.4. The van der Waals surface area contributed by atoms with E-state index in [1.807, 2.05) is 0 Å². The first-order chi connectivity index (χ1) is 9.41. The Morgan fingerprint density at radius 1 is 0.857 bits per heavy atom. The molecular formula is C10H18O9S2. The van der Waals surface area contributed by atoms with Crippen LogP contribution < -0.4 is 0 Å². The first kappa shape index (κ1) is 20.0. The van der Waals surface area contributed by atoms with Crippen LogP contribution in [-0.2, 0) is 34.6 Å². The summed E-state index contributed by atoms with van der Waals surface area (Å²) in [7, 11) is -8.89. The van der Waals surface area contributed by atoms with Gasteiger partial charge in [-0.1, -0.05) is 13.8 Å². The molecule has 2 unspecified atom stereocenters. The van der Waals surface area contributed by atoms with Crippen LogP contribution in [0.1, 0.15) is 39.5 Å². The van der Waals surface area contributed by atoms with Gasteiger partial charge < -0.3 is 4.74 Å². The highest BCUT2D eigenvalue weighted by atomic mass is 32.2. The maximum Gasteiger partial charge on any atom is 0.314 e. The number of carbonyl (C=O) groups excluding carboxylic acids is 2. The maximum absolute atomic E-state index is 11.4. The Bertz CT molecular complexity index is 524. The lowest BCUT2D eigenvalue weighted by Gasteiger charge is -2.12. The molecular weight excluding hydrogens is 328 g/mol. The Hall–Kier alpha value is -1.04. The second-order valence-electron chi connectivity index (χ2n) is 4.34. The van der Waals surface area contributed by atoms with Crippen LogP contribution in [0.2, 0.25) is 0 Å². The molecule has 2 atom stereocenters. The van der Waals surface area contributed by atoms with Crippen molar-refractivity contribution in [1.29, 1.82) is 0 Å². The van der Waals surface area contributed by atoms with Gasteiger partial charge in [-0.25, -0.2) is 0 Å². The molecule has 0 aliphatic rings. The first-order valence-corrected chi connectivity index (χ1v) is 9.08. The second kappa shape index (κ2) is 7.82. The van der Waals surface area contributed by atoms with Gasteiger partial charge in [0.2, 0.25) is 0 Å². The predicted molar refractivity (Wildman–Crippen MR) is 71.6 cm³/mol. The summed E-state index contributed by atoms with van der Waals surface area (Å²) in [4.78, 5) is 22.7. The summed E-state index contributed by atoms with van der Waals surface area (Å²) >= 11 is 0. The molecule has 0 aromatic rings. The van der Waals surface area contributed by atoms with Crippen LogP contribution in [0.4, 0.5) is 0 Å². The lowest BCUT2D eigenvalue weighted by molar-refractivity contribution is -0.159. The van der Waals surface area contributed by atoms with Gasteiger partial charge in [-0.15, -0.1) is 0 Å². The van der Waals surface area contributed by atoms with E-state index in [1.165, 1.54) is 13.8 Å². The van der Waals surface area contributed by atoms with E-state index in [-0.39, 0.29) is 12.8 Å². The highest BCUT2D eigenvalue weighted by molar-refractivity contribution is 7.86. The van der Waals surface area contributed by atoms with Gasteiger partial charge in [-0.3, -0.25) is 18.7 Å². The van der Waals surface area contributed by atoms with E-state index < -0.39 is 55.5 Å². The first-order valence-electron chi connectivity index (χ1n) is 6.07. The van der Waals surface area contributed by atoms with Gasteiger partial charge in [-0.05, 0) is 12.8 Å². The van der Waals surface area contributed by atoms with Gasteiger partial charge >= 0.3 is 11.9 Å². The zero-order valence-corrected chi connectivity index (χ0v) is 13.2. The number of ether oxygens (including phenoxy) is 1. The van der Waals surface area contributed by atoms with E-state index >= 15 is 0 Å². The average molecular weight is 346 g/mol. The van der Waals surface area contributed by atoms with Crippen LogP contribution in [0.25, 0.3) is 0 Å². The largest absolute Gasteiger partial charge is 0.393 e. The molecule has 0 saturated heterocycles. The Morgan fingerprint density at radius 2 is 1.14 bits per heavy atom. The van der Waals surface area contributed by atoms with Gasteiger partial charge in [0.15, 0.2) is 0 Å². The summed E-state index contributed by atoms with van der Waals surface area (Å²) in [5.74, 6) is -2.40. The molecule has 0 aliphatic carbocycles. The molecule has 11 heteroatoms. The highest BCUT2D eigenvalue weighted by Crippen LogP contribution is 2.13. The van der Waals surface area contributed by atoms with E-state index in [0.29, 0.717) is 0 Å². The zero-order chi connectivity index (χ0) is 16.8. The average Bonchev–Trinajstić information content (AvgIpc) is 2.29. The lowest BCUT2D eigenvalue weighted by atomic mass is 10.2. The third-order valence-electron chi connectivity index (χ3n) is 2.77. The molecule has 0 aromatic heterocycles. The molecule has 0 aliphatic heterocycles. The van der Waals surface area contributed by atoms with Crippen LogP contribution in [0.15, 0.2) is 0 Å². The Morgan fingerprint density at radius 3 is 1.33 bits per heavy atom. The Labute approximate surface area is 123 Å². The molecule has 0 fully saturated rings. The van der Waals surface area contributed by atoms with Crippen LogP contribution in [0.5, 0.6) is 0 Å². The van der Waals surface area contributed by atoms with Gasteiger partial charge in [0.1, 0.15) is 0 Å². The summed E-state index contributed by atoms with van der Waals surface area (Å²) in [6.45, 7) is 2.83. The molecule has 0 aromatic carbocycles. The monoisotopic (exact) mass is 346 g/mol. The summed E-state index contributed by atoms with van der Waals surface area (Å²) in [6, 6.07) is 0. The van der Waals surface area contributed by atoms with Crippen molar-refractivity contribution in [3.8, 4) is 0 Å². The van der Waals surface area contributed by atoms with Crippen molar-refractivity contribution in [3.05, 3.63) is 0 Å². The van der Waals surface area contributed by atoms with Crippen molar-refractivity contribution in [2.75, 3.05) is 0 Å². The van der Waals surface area contributed by atoms with Gasteiger partial charge in [-0.2, -0.15) is 16.8 Å². The van der Waals surface area contributed by atoms with Crippen molar-refractivity contribution < 1.29 is 40.3 Å². The van der Waals surface area contributed by atoms with Gasteiger partial charge in [0.25, 0.3) is 20.2 Å². The SMILES string of the molecule is CCC(CC(=O)OC(=O)CC(CC)S(=O)(=O)O)S(=O)(=O)O. The van der Waals surface area contributed by atoms with Crippen LogP contribution in [0, 0.1) is 0 Å². The Kier molecular flexibility index (Phi) is 7.44. The van der Waals surface area contributed by atoms with Crippen LogP contribution in [0.3, 0.4) is 0 Å². The number of rotatable bonds is 8. The lowest BCUT2D eigenvalue weighted by Crippen LogP contribution is -2.28. The smallest absolute Gasteiger partial charge is 0.314 e. The number of hydrogen-bond donors (Lipinski definition) is 2. The summed E-state index contributed by atoms with van der Waals surface area (Å²) in [5, 5.41) is -2.80. The quantitative estimate of drug-likeness (QED) is 0.356. The minimum Gasteiger partial charge on any atom is -0.393 e. The van der Waals surface area contributed by atoms with Crippen LogP contribution >= 0.6 is 0 Å². The fourth-order valence-corrected chi connectivity index (χ4v) is 3.04. The fraction of sp³-hybridized carbons (Fsp3) is 0.800. The van der Waals surface area contributed by atoms with Crippen LogP contribution in [-0.4, -0.2) is 48.4 Å². The minimum atomic E-state index is -4.44. The molecule has 0 rings (SSSR count). The number of carbonyl (C=O) groups is 2. The van der Waals surface area contributed by atoms with E-state index in [2.05, 4.69) is 4.74 Å². The summed E-state index contributed by atoms with van der Waals surface area (Å²) in [6.07, 6.45) is -1.59. The molecule has 0 saturated carbocycles. The Balaban J connectivity index is 4.63. The molecule has 0 spiro atoms. The summed E-state index contributed by atoms with van der Waals surface area (Å²) < 4.78 is 65.5. The normalized spacial score (nSPS) is 15.2. The zero-order valence-electron chi connectivity index (χ0n) is 11.6. The summed E-state index contributed by atoms with van der Waals surface area (Å²) in [5.41, 5.74) is 0. The molecule has 124 valence electrons. The molecule has 0 amide bonds. The molecule has 0 heterocycles. The predicted octanol–water partition coefficient (Wildman–Crippen LogP) is 0.169.